The van der Waals surface area contributed by atoms with Crippen LogP contribution in [-0.4, -0.2) is 65.0 Å². The van der Waals surface area contributed by atoms with Crippen molar-refractivity contribution in [1.82, 2.24) is 15.2 Å². The van der Waals surface area contributed by atoms with Crippen molar-refractivity contribution in [3.63, 3.8) is 0 Å². The number of nitrogens with one attached hydrogen (secondary N) is 3. The molecular weight excluding hydrogens is 609 g/mol. The van der Waals surface area contributed by atoms with Crippen LogP contribution in [0.4, 0.5) is 20.6 Å². The Balaban J connectivity index is 1.13. The van der Waals surface area contributed by atoms with E-state index >= 15 is 0 Å². The number of rotatable bonds is 10. The number of pyridine rings is 1. The van der Waals surface area contributed by atoms with Crippen molar-refractivity contribution in [2.45, 2.75) is 31.7 Å². The van der Waals surface area contributed by atoms with Gasteiger partial charge in [0.25, 0.3) is 5.91 Å². The van der Waals surface area contributed by atoms with E-state index in [9.17, 15) is 28.7 Å². The quantitative estimate of drug-likeness (QED) is 0.168. The van der Waals surface area contributed by atoms with E-state index in [2.05, 4.69) is 20.9 Å². The van der Waals surface area contributed by atoms with E-state index in [0.29, 0.717) is 65.3 Å². The highest BCUT2D eigenvalue weighted by Crippen LogP contribution is 2.47. The largest absolute Gasteiger partial charge is 0.496 e. The van der Waals surface area contributed by atoms with Gasteiger partial charge in [0.1, 0.15) is 28.5 Å². The molecule has 0 unspecified atom stereocenters. The zero-order valence-corrected chi connectivity index (χ0v) is 25.4. The second-order valence-corrected chi connectivity index (χ2v) is 11.5. The highest BCUT2D eigenvalue weighted by Gasteiger charge is 2.56. The summed E-state index contributed by atoms with van der Waals surface area (Å²) in [5.41, 5.74) is 0.449. The molecule has 0 spiro atoms. The Morgan fingerprint density at radius 2 is 1.62 bits per heavy atom. The molecule has 1 atom stereocenters. The molecule has 1 aliphatic carbocycles. The van der Waals surface area contributed by atoms with Crippen molar-refractivity contribution < 1.29 is 38.1 Å². The zero-order valence-electron chi connectivity index (χ0n) is 25.4. The van der Waals surface area contributed by atoms with Gasteiger partial charge in [0, 0.05) is 42.1 Å². The minimum Gasteiger partial charge on any atom is -0.496 e. The molecule has 242 valence electrons. The Labute approximate surface area is 268 Å². The van der Waals surface area contributed by atoms with E-state index in [1.54, 1.807) is 48.7 Å². The number of likely N-dealkylation sites (tertiary alicyclic amines) is 1. The van der Waals surface area contributed by atoms with Crippen molar-refractivity contribution in [2.24, 2.45) is 5.41 Å². The lowest BCUT2D eigenvalue weighted by Crippen LogP contribution is -2.42. The average Bonchev–Trinajstić information content (AvgIpc) is 3.76. The van der Waals surface area contributed by atoms with Crippen molar-refractivity contribution in [3.05, 3.63) is 84.3 Å². The number of fused-ring (bicyclic) bond motifs is 1. The summed E-state index contributed by atoms with van der Waals surface area (Å²) in [7, 11) is 1.45. The van der Waals surface area contributed by atoms with E-state index in [-0.39, 0.29) is 18.2 Å². The Bertz CT molecular complexity index is 1840. The first-order valence-corrected chi connectivity index (χ1v) is 15.1. The molecule has 2 heterocycles. The van der Waals surface area contributed by atoms with Gasteiger partial charge in [-0.15, -0.1) is 0 Å². The van der Waals surface area contributed by atoms with Gasteiger partial charge in [0.2, 0.25) is 11.8 Å². The molecule has 47 heavy (non-hydrogen) atoms. The molecule has 2 aliphatic rings. The number of methoxy groups -OCH3 is 1. The fraction of sp³-hybridized carbons (Fsp3) is 0.265. The maximum Gasteiger partial charge on any atom is 0.407 e. The monoisotopic (exact) mass is 641 g/mol. The van der Waals surface area contributed by atoms with Crippen LogP contribution in [-0.2, 0) is 9.59 Å². The van der Waals surface area contributed by atoms with Gasteiger partial charge in [-0.25, -0.2) is 9.18 Å². The Morgan fingerprint density at radius 3 is 2.23 bits per heavy atom. The molecule has 1 aromatic heterocycles. The maximum absolute atomic E-state index is 13.2. The van der Waals surface area contributed by atoms with Crippen LogP contribution in [0.15, 0.2) is 72.9 Å². The third kappa shape index (κ3) is 6.64. The van der Waals surface area contributed by atoms with Gasteiger partial charge < -0.3 is 35.4 Å². The third-order valence-electron chi connectivity index (χ3n) is 8.45. The number of halogens is 1. The summed E-state index contributed by atoms with van der Waals surface area (Å²) >= 11 is 0. The molecule has 12 nitrogen and oxygen atoms in total. The first-order chi connectivity index (χ1) is 22.7. The molecule has 6 rings (SSSR count). The topological polar surface area (TPSA) is 159 Å². The van der Waals surface area contributed by atoms with Crippen LogP contribution >= 0.6 is 0 Å². The first kappa shape index (κ1) is 31.3. The van der Waals surface area contributed by atoms with Crippen molar-refractivity contribution in [1.29, 1.82) is 0 Å². The summed E-state index contributed by atoms with van der Waals surface area (Å²) < 4.78 is 24.8. The van der Waals surface area contributed by atoms with Gasteiger partial charge in [-0.05, 0) is 86.3 Å². The van der Waals surface area contributed by atoms with Gasteiger partial charge in [-0.3, -0.25) is 19.4 Å². The number of carbonyl (C=O) groups excluding carboxylic acids is 3. The highest BCUT2D eigenvalue weighted by molar-refractivity contribution is 6.17. The molecule has 0 bridgehead atoms. The van der Waals surface area contributed by atoms with Crippen LogP contribution in [0.3, 0.4) is 0 Å². The zero-order chi connectivity index (χ0) is 33.1. The van der Waals surface area contributed by atoms with Crippen LogP contribution in [0.5, 0.6) is 17.2 Å². The Hall–Kier alpha value is -5.72. The summed E-state index contributed by atoms with van der Waals surface area (Å²) in [5, 5.41) is 18.3. The minimum absolute atomic E-state index is 0.172. The van der Waals surface area contributed by atoms with Crippen molar-refractivity contribution in [3.8, 4) is 17.2 Å². The summed E-state index contributed by atoms with van der Waals surface area (Å²) in [6.45, 7) is 0.608. The predicted molar refractivity (Wildman–Crippen MR) is 170 cm³/mol. The highest BCUT2D eigenvalue weighted by atomic mass is 19.1. The summed E-state index contributed by atoms with van der Waals surface area (Å²) in [6.07, 6.45) is 2.76. The second-order valence-electron chi connectivity index (χ2n) is 11.5. The van der Waals surface area contributed by atoms with Crippen LogP contribution in [0.2, 0.25) is 0 Å². The molecular formula is C34H32FN5O7. The molecule has 3 aromatic carbocycles. The van der Waals surface area contributed by atoms with Gasteiger partial charge in [0.15, 0.2) is 0 Å². The lowest BCUT2D eigenvalue weighted by molar-refractivity contribution is -0.131. The average molecular weight is 642 g/mol. The van der Waals surface area contributed by atoms with E-state index in [0.717, 1.165) is 6.42 Å². The molecule has 1 saturated carbocycles. The van der Waals surface area contributed by atoms with Crippen molar-refractivity contribution >= 4 is 46.1 Å². The van der Waals surface area contributed by atoms with Crippen LogP contribution in [0.25, 0.3) is 10.9 Å². The number of nitrogens with zero attached hydrogens (tertiary/aromatic N) is 2. The van der Waals surface area contributed by atoms with Gasteiger partial charge in [0.05, 0.1) is 24.2 Å². The molecule has 4 amide bonds. The number of aromatic nitrogens is 1. The Kier molecular flexibility index (Phi) is 8.61. The minimum atomic E-state index is -1.20. The molecule has 13 heteroatoms. The van der Waals surface area contributed by atoms with E-state index in [1.807, 2.05) is 0 Å². The van der Waals surface area contributed by atoms with Gasteiger partial charge in [-0.2, -0.15) is 0 Å². The molecule has 4 N–H and O–H groups in total. The van der Waals surface area contributed by atoms with Crippen LogP contribution < -0.4 is 25.4 Å². The van der Waals surface area contributed by atoms with E-state index < -0.39 is 35.0 Å². The lowest BCUT2D eigenvalue weighted by atomic mass is 10.0. The first-order valence-electron chi connectivity index (χ1n) is 15.1. The summed E-state index contributed by atoms with van der Waals surface area (Å²) in [5.74, 6) is -0.554. The number of carbonyl (C=O) groups is 4. The van der Waals surface area contributed by atoms with Crippen molar-refractivity contribution in [2.75, 3.05) is 30.8 Å². The van der Waals surface area contributed by atoms with Gasteiger partial charge >= 0.3 is 6.09 Å². The lowest BCUT2D eigenvalue weighted by Gasteiger charge is -2.22. The van der Waals surface area contributed by atoms with Crippen LogP contribution in [0.1, 0.15) is 36.0 Å². The smallest absolute Gasteiger partial charge is 0.407 e. The molecule has 2 fully saturated rings. The number of ether oxygens (including phenoxy) is 2. The molecule has 0 radical (unpaired) electrons. The van der Waals surface area contributed by atoms with Gasteiger partial charge in [-0.1, -0.05) is 0 Å². The second kappa shape index (κ2) is 12.9. The maximum atomic E-state index is 13.2. The Morgan fingerprint density at radius 1 is 0.957 bits per heavy atom. The number of benzene rings is 3. The fourth-order valence-electron chi connectivity index (χ4n) is 5.64. The van der Waals surface area contributed by atoms with Crippen LogP contribution in [0, 0.1) is 11.2 Å². The molecule has 1 aliphatic heterocycles. The summed E-state index contributed by atoms with van der Waals surface area (Å²) in [6, 6.07) is 16.6. The number of hydrogen-bond acceptors (Lipinski definition) is 7. The SMILES string of the molecule is COc1cc2nccc(Oc3ccc(NC(=O)C4(C(=O)Nc5ccc(F)cc5)CC4)cc3)c2cc1C(=O)NC[C@@H]1CCCN1C(=O)O. The van der Waals surface area contributed by atoms with E-state index in [1.165, 1.54) is 36.3 Å². The van der Waals surface area contributed by atoms with E-state index in [4.69, 9.17) is 9.47 Å². The normalized spacial score (nSPS) is 16.3. The summed E-state index contributed by atoms with van der Waals surface area (Å²) in [4.78, 5) is 56.4. The molecule has 1 saturated heterocycles. The standard InChI is InChI=1S/C34H32FN5O7/c1-46-29-18-27-25(17-26(29)30(41)37-19-23-3-2-16-40(23)33(44)45)28(12-15-36-27)47-24-10-8-22(9-11-24)39-32(43)34(13-14-34)31(42)38-21-6-4-20(35)5-7-21/h4-12,15,17-18,23H,2-3,13-14,16,19H2,1H3,(H,37,41)(H,38,42)(H,39,43)(H,44,45)/t23-/m0/s1. The number of amides is 4. The molecule has 4 aromatic rings. The third-order valence-corrected chi connectivity index (χ3v) is 8.45. The fourth-order valence-corrected chi connectivity index (χ4v) is 5.64. The number of hydrogen-bond donors (Lipinski definition) is 4. The predicted octanol–water partition coefficient (Wildman–Crippen LogP) is 5.40. The number of anilines is 2. The number of carboxylic acid groups (broad SMARTS) is 1.